The normalized spacial score (nSPS) is 26.0. The van der Waals surface area contributed by atoms with Crippen molar-refractivity contribution >= 4 is 18.3 Å². The number of likely N-dealkylation sites (tertiary alicyclic amines) is 1. The maximum atomic E-state index is 13.2. The van der Waals surface area contributed by atoms with Crippen LogP contribution in [0.1, 0.15) is 30.4 Å². The van der Waals surface area contributed by atoms with Crippen molar-refractivity contribution in [3.63, 3.8) is 0 Å². The van der Waals surface area contributed by atoms with Crippen LogP contribution in [0.2, 0.25) is 0 Å². The number of hydrogen-bond acceptors (Lipinski definition) is 3. The zero-order valence-electron chi connectivity index (χ0n) is 14.5. The lowest BCUT2D eigenvalue weighted by Gasteiger charge is -2.33. The van der Waals surface area contributed by atoms with Crippen molar-refractivity contribution in [1.29, 1.82) is 0 Å². The van der Waals surface area contributed by atoms with Gasteiger partial charge < -0.3 is 10.2 Å². The summed E-state index contributed by atoms with van der Waals surface area (Å²) in [6.45, 7) is 8.39. The molecule has 1 aliphatic carbocycles. The monoisotopic (exact) mass is 349 g/mol. The van der Waals surface area contributed by atoms with E-state index in [1.165, 1.54) is 11.1 Å². The molecule has 1 amide bonds. The van der Waals surface area contributed by atoms with Gasteiger partial charge >= 0.3 is 0 Å². The summed E-state index contributed by atoms with van der Waals surface area (Å²) >= 11 is 0. The van der Waals surface area contributed by atoms with Crippen molar-refractivity contribution in [1.82, 2.24) is 15.1 Å². The number of halogens is 1. The number of carbonyl (C=O) groups is 1. The van der Waals surface area contributed by atoms with Gasteiger partial charge in [-0.1, -0.05) is 24.3 Å². The molecule has 1 saturated carbocycles. The highest BCUT2D eigenvalue weighted by atomic mass is 35.5. The number of rotatable bonds is 3. The Morgan fingerprint density at radius 2 is 1.88 bits per heavy atom. The second-order valence-corrected chi connectivity index (χ2v) is 7.38. The first kappa shape index (κ1) is 17.7. The van der Waals surface area contributed by atoms with E-state index in [9.17, 15) is 4.79 Å². The first-order chi connectivity index (χ1) is 11.2. The van der Waals surface area contributed by atoms with Gasteiger partial charge in [-0.2, -0.15) is 0 Å². The third kappa shape index (κ3) is 3.07. The Hall–Kier alpha value is -1.10. The lowest BCUT2D eigenvalue weighted by molar-refractivity contribution is -0.133. The number of amides is 1. The minimum atomic E-state index is -0.205. The number of nitrogens with zero attached hydrogens (tertiary/aromatic N) is 2. The standard InChI is InChI=1S/C19H27N3O.ClH/c1-15-4-2-3-5-17(15)19(7-8-19)18(23)22-11-6-16(14-22)21-12-9-20-10-13-21;/h2-5,16,20H,6-14H2,1H3;1H. The largest absolute Gasteiger partial charge is 0.340 e. The van der Waals surface area contributed by atoms with E-state index >= 15 is 0 Å². The van der Waals surface area contributed by atoms with Crippen molar-refractivity contribution in [2.24, 2.45) is 0 Å². The van der Waals surface area contributed by atoms with Gasteiger partial charge in [-0.3, -0.25) is 9.69 Å². The number of carbonyl (C=O) groups excluding carboxylic acids is 1. The van der Waals surface area contributed by atoms with Gasteiger partial charge in [0.15, 0.2) is 0 Å². The Balaban J connectivity index is 0.00000169. The zero-order chi connectivity index (χ0) is 15.9. The van der Waals surface area contributed by atoms with Crippen LogP contribution in [-0.4, -0.2) is 61.0 Å². The molecule has 2 aliphatic heterocycles. The van der Waals surface area contributed by atoms with E-state index in [0.29, 0.717) is 11.9 Å². The molecule has 0 bridgehead atoms. The predicted octanol–water partition coefficient (Wildman–Crippen LogP) is 1.95. The molecule has 3 aliphatic rings. The molecule has 4 nitrogen and oxygen atoms in total. The summed E-state index contributed by atoms with van der Waals surface area (Å²) in [6, 6.07) is 8.99. The third-order valence-corrected chi connectivity index (χ3v) is 5.94. The van der Waals surface area contributed by atoms with E-state index in [-0.39, 0.29) is 17.8 Å². The van der Waals surface area contributed by atoms with Gasteiger partial charge in [-0.05, 0) is 37.3 Å². The highest BCUT2D eigenvalue weighted by molar-refractivity contribution is 5.92. The lowest BCUT2D eigenvalue weighted by atomic mass is 9.90. The van der Waals surface area contributed by atoms with Gasteiger partial charge in [0, 0.05) is 45.3 Å². The first-order valence-corrected chi connectivity index (χ1v) is 9.01. The molecule has 1 N–H and O–H groups in total. The van der Waals surface area contributed by atoms with Crippen LogP contribution in [0, 0.1) is 6.92 Å². The molecule has 1 aromatic rings. The zero-order valence-corrected chi connectivity index (χ0v) is 15.3. The summed E-state index contributed by atoms with van der Waals surface area (Å²) in [5.41, 5.74) is 2.32. The molecule has 4 rings (SSSR count). The highest BCUT2D eigenvalue weighted by Crippen LogP contribution is 2.51. The van der Waals surface area contributed by atoms with Crippen LogP contribution in [0.15, 0.2) is 24.3 Å². The van der Waals surface area contributed by atoms with Crippen LogP contribution in [-0.2, 0) is 10.2 Å². The molecule has 0 radical (unpaired) electrons. The van der Waals surface area contributed by atoms with Gasteiger partial charge in [-0.15, -0.1) is 12.4 Å². The van der Waals surface area contributed by atoms with Crippen molar-refractivity contribution in [2.75, 3.05) is 39.3 Å². The van der Waals surface area contributed by atoms with E-state index in [4.69, 9.17) is 0 Å². The number of piperazine rings is 1. The molecular formula is C19H28ClN3O. The van der Waals surface area contributed by atoms with Crippen LogP contribution in [0.5, 0.6) is 0 Å². The summed E-state index contributed by atoms with van der Waals surface area (Å²) in [5, 5.41) is 3.41. The van der Waals surface area contributed by atoms with Gasteiger partial charge in [-0.25, -0.2) is 0 Å². The Bertz CT molecular complexity index is 596. The van der Waals surface area contributed by atoms with Crippen LogP contribution in [0.25, 0.3) is 0 Å². The van der Waals surface area contributed by atoms with E-state index in [2.05, 4.69) is 46.3 Å². The van der Waals surface area contributed by atoms with Gasteiger partial charge in [0.2, 0.25) is 5.91 Å². The average Bonchev–Trinajstić information content (AvgIpc) is 3.24. The van der Waals surface area contributed by atoms with E-state index in [1.807, 2.05) is 0 Å². The summed E-state index contributed by atoms with van der Waals surface area (Å²) in [7, 11) is 0. The van der Waals surface area contributed by atoms with Crippen LogP contribution in [0.3, 0.4) is 0 Å². The number of nitrogens with one attached hydrogen (secondary N) is 1. The van der Waals surface area contributed by atoms with E-state index in [0.717, 1.165) is 58.5 Å². The molecule has 24 heavy (non-hydrogen) atoms. The molecule has 0 spiro atoms. The van der Waals surface area contributed by atoms with Crippen LogP contribution >= 0.6 is 12.4 Å². The minimum Gasteiger partial charge on any atom is -0.340 e. The molecule has 2 saturated heterocycles. The Labute approximate surface area is 151 Å². The molecule has 2 heterocycles. The molecule has 0 aromatic heterocycles. The maximum Gasteiger partial charge on any atom is 0.233 e. The topological polar surface area (TPSA) is 35.6 Å². The third-order valence-electron chi connectivity index (χ3n) is 5.94. The molecular weight excluding hydrogens is 322 g/mol. The van der Waals surface area contributed by atoms with Gasteiger partial charge in [0.25, 0.3) is 0 Å². The lowest BCUT2D eigenvalue weighted by Crippen LogP contribution is -2.49. The van der Waals surface area contributed by atoms with E-state index in [1.54, 1.807) is 0 Å². The van der Waals surface area contributed by atoms with E-state index < -0.39 is 0 Å². The summed E-state index contributed by atoms with van der Waals surface area (Å²) in [5.74, 6) is 0.379. The van der Waals surface area contributed by atoms with Crippen molar-refractivity contribution in [3.05, 3.63) is 35.4 Å². The summed E-state index contributed by atoms with van der Waals surface area (Å²) < 4.78 is 0. The molecule has 5 heteroatoms. The first-order valence-electron chi connectivity index (χ1n) is 9.01. The quantitative estimate of drug-likeness (QED) is 0.906. The van der Waals surface area contributed by atoms with Crippen molar-refractivity contribution < 1.29 is 4.79 Å². The van der Waals surface area contributed by atoms with Crippen LogP contribution < -0.4 is 5.32 Å². The molecule has 1 unspecified atom stereocenters. The smallest absolute Gasteiger partial charge is 0.233 e. The second kappa shape index (κ2) is 7.03. The Morgan fingerprint density at radius 1 is 1.17 bits per heavy atom. The van der Waals surface area contributed by atoms with Crippen LogP contribution in [0.4, 0.5) is 0 Å². The molecule has 1 aromatic carbocycles. The average molecular weight is 350 g/mol. The number of aryl methyl sites for hydroxylation is 1. The second-order valence-electron chi connectivity index (χ2n) is 7.38. The highest BCUT2D eigenvalue weighted by Gasteiger charge is 2.54. The summed E-state index contributed by atoms with van der Waals surface area (Å²) in [4.78, 5) is 17.9. The minimum absolute atomic E-state index is 0. The van der Waals surface area contributed by atoms with Gasteiger partial charge in [0.1, 0.15) is 0 Å². The maximum absolute atomic E-state index is 13.2. The van der Waals surface area contributed by atoms with Crippen molar-refractivity contribution in [2.45, 2.75) is 37.6 Å². The fourth-order valence-electron chi connectivity index (χ4n) is 4.41. The number of hydrogen-bond donors (Lipinski definition) is 1. The fourth-order valence-corrected chi connectivity index (χ4v) is 4.41. The fraction of sp³-hybridized carbons (Fsp3) is 0.632. The Morgan fingerprint density at radius 3 is 2.54 bits per heavy atom. The van der Waals surface area contributed by atoms with Gasteiger partial charge in [0.05, 0.1) is 5.41 Å². The summed E-state index contributed by atoms with van der Waals surface area (Å²) in [6.07, 6.45) is 3.17. The Kier molecular flexibility index (Phi) is 5.19. The molecule has 1 atom stereocenters. The molecule has 132 valence electrons. The SMILES string of the molecule is Cc1ccccc1C1(C(=O)N2CCC(N3CCNCC3)C2)CC1.Cl. The molecule has 3 fully saturated rings. The predicted molar refractivity (Wildman–Crippen MR) is 98.8 cm³/mol. The number of benzene rings is 1. The van der Waals surface area contributed by atoms with Crippen molar-refractivity contribution in [3.8, 4) is 0 Å².